The number of hydrogen-bond donors (Lipinski definition) is 1. The van der Waals surface area contributed by atoms with Gasteiger partial charge < -0.3 is 10.1 Å². The lowest BCUT2D eigenvalue weighted by Crippen LogP contribution is -2.42. The fraction of sp³-hybridized carbons (Fsp3) is 0.368. The van der Waals surface area contributed by atoms with Crippen molar-refractivity contribution in [1.82, 2.24) is 20.0 Å². The molecule has 0 saturated carbocycles. The Morgan fingerprint density at radius 1 is 1.26 bits per heavy atom. The number of nitrogens with one attached hydrogen (secondary N) is 1. The minimum atomic E-state index is -1.02. The lowest BCUT2D eigenvalue weighted by molar-refractivity contribution is -0.156. The average Bonchev–Trinajstić information content (AvgIpc) is 3.20. The Morgan fingerprint density at radius 3 is 2.59 bits per heavy atom. The molecule has 8 heteroatoms. The molecule has 2 aromatic rings. The molecule has 3 rings (SSSR count). The van der Waals surface area contributed by atoms with E-state index in [9.17, 15) is 14.4 Å². The van der Waals surface area contributed by atoms with Gasteiger partial charge in [-0.15, -0.1) is 0 Å². The maximum Gasteiger partial charge on any atom is 0.324 e. The van der Waals surface area contributed by atoms with Crippen LogP contribution in [0, 0.1) is 13.8 Å². The number of aromatic nitrogens is 2. The zero-order valence-corrected chi connectivity index (χ0v) is 15.6. The van der Waals surface area contributed by atoms with Gasteiger partial charge in [-0.1, -0.05) is 18.2 Å². The highest BCUT2D eigenvalue weighted by atomic mass is 16.5. The molecule has 0 aliphatic carbocycles. The Kier molecular flexibility index (Phi) is 5.25. The van der Waals surface area contributed by atoms with Gasteiger partial charge in [0.25, 0.3) is 5.91 Å². The summed E-state index contributed by atoms with van der Waals surface area (Å²) in [6, 6.07) is 9.17. The van der Waals surface area contributed by atoms with Crippen molar-refractivity contribution in [2.75, 3.05) is 13.1 Å². The van der Waals surface area contributed by atoms with Crippen LogP contribution in [-0.4, -0.2) is 51.8 Å². The highest BCUT2D eigenvalue weighted by molar-refractivity contribution is 5.98. The number of esters is 1. The predicted molar refractivity (Wildman–Crippen MR) is 97.4 cm³/mol. The number of nitrogens with zero attached hydrogens (tertiary/aromatic N) is 3. The van der Waals surface area contributed by atoms with E-state index in [1.807, 2.05) is 44.2 Å². The van der Waals surface area contributed by atoms with Gasteiger partial charge >= 0.3 is 12.0 Å². The van der Waals surface area contributed by atoms with Crippen molar-refractivity contribution in [3.05, 3.63) is 47.3 Å². The number of para-hydroxylation sites is 1. The van der Waals surface area contributed by atoms with Crippen LogP contribution in [0.25, 0.3) is 5.69 Å². The maximum atomic E-state index is 12.3. The van der Waals surface area contributed by atoms with Crippen LogP contribution >= 0.6 is 0 Å². The van der Waals surface area contributed by atoms with Crippen molar-refractivity contribution < 1.29 is 19.1 Å². The summed E-state index contributed by atoms with van der Waals surface area (Å²) in [6.07, 6.45) is -1.01. The van der Waals surface area contributed by atoms with Crippen molar-refractivity contribution in [2.45, 2.75) is 33.3 Å². The zero-order chi connectivity index (χ0) is 19.6. The van der Waals surface area contributed by atoms with Crippen molar-refractivity contribution >= 4 is 17.9 Å². The van der Waals surface area contributed by atoms with E-state index in [2.05, 4.69) is 10.4 Å². The Morgan fingerprint density at radius 2 is 1.96 bits per heavy atom. The smallest absolute Gasteiger partial charge is 0.324 e. The van der Waals surface area contributed by atoms with Crippen LogP contribution in [-0.2, 0) is 20.7 Å². The molecule has 1 fully saturated rings. The molecule has 0 unspecified atom stereocenters. The first-order valence-electron chi connectivity index (χ1n) is 8.77. The molecule has 27 heavy (non-hydrogen) atoms. The first-order chi connectivity index (χ1) is 12.9. The number of urea groups is 1. The molecule has 0 bridgehead atoms. The minimum Gasteiger partial charge on any atom is -0.452 e. The lowest BCUT2D eigenvalue weighted by atomic mass is 10.1. The minimum absolute atomic E-state index is 0.00825. The number of carbonyl (C=O) groups is 3. The van der Waals surface area contributed by atoms with E-state index in [-0.39, 0.29) is 13.0 Å². The molecule has 1 saturated heterocycles. The molecular formula is C19H22N4O4. The summed E-state index contributed by atoms with van der Waals surface area (Å²) < 4.78 is 7.03. The van der Waals surface area contributed by atoms with Crippen molar-refractivity contribution in [1.29, 1.82) is 0 Å². The molecule has 1 aliphatic heterocycles. The van der Waals surface area contributed by atoms with Gasteiger partial charge in [-0.05, 0) is 32.9 Å². The Hall–Kier alpha value is -3.16. The first-order valence-corrected chi connectivity index (χ1v) is 8.77. The van der Waals surface area contributed by atoms with Crippen LogP contribution in [0.1, 0.15) is 23.9 Å². The third kappa shape index (κ3) is 3.84. The number of rotatable bonds is 5. The highest BCUT2D eigenvalue weighted by Crippen LogP contribution is 2.19. The molecule has 3 amide bonds. The molecule has 2 heterocycles. The van der Waals surface area contributed by atoms with Gasteiger partial charge in [-0.2, -0.15) is 5.10 Å². The van der Waals surface area contributed by atoms with E-state index in [4.69, 9.17) is 4.74 Å². The Labute approximate surface area is 157 Å². The fourth-order valence-corrected chi connectivity index (χ4v) is 3.09. The van der Waals surface area contributed by atoms with Crippen LogP contribution < -0.4 is 5.32 Å². The second-order valence-corrected chi connectivity index (χ2v) is 6.43. The quantitative estimate of drug-likeness (QED) is 0.806. The molecule has 1 N–H and O–H groups in total. The van der Waals surface area contributed by atoms with Crippen molar-refractivity contribution in [2.24, 2.45) is 0 Å². The van der Waals surface area contributed by atoms with E-state index in [0.717, 1.165) is 27.5 Å². The van der Waals surface area contributed by atoms with E-state index in [1.165, 1.54) is 6.92 Å². The van der Waals surface area contributed by atoms with Gasteiger partial charge in [0.2, 0.25) is 0 Å². The molecule has 8 nitrogen and oxygen atoms in total. The van der Waals surface area contributed by atoms with E-state index in [1.54, 1.807) is 4.68 Å². The van der Waals surface area contributed by atoms with Crippen LogP contribution in [0.3, 0.4) is 0 Å². The molecular weight excluding hydrogens is 348 g/mol. The monoisotopic (exact) mass is 370 g/mol. The molecule has 1 aromatic heterocycles. The molecule has 1 aromatic carbocycles. The van der Waals surface area contributed by atoms with Gasteiger partial charge in [0.1, 0.15) is 0 Å². The molecule has 1 atom stereocenters. The summed E-state index contributed by atoms with van der Waals surface area (Å²) in [5.41, 5.74) is 3.24. The second kappa shape index (κ2) is 7.61. The van der Waals surface area contributed by atoms with E-state index in [0.29, 0.717) is 6.54 Å². The highest BCUT2D eigenvalue weighted by Gasteiger charge is 2.31. The topological polar surface area (TPSA) is 93.5 Å². The number of carbonyl (C=O) groups excluding carboxylic acids is 3. The molecule has 142 valence electrons. The zero-order valence-electron chi connectivity index (χ0n) is 15.6. The summed E-state index contributed by atoms with van der Waals surface area (Å²) >= 11 is 0. The molecule has 0 radical (unpaired) electrons. The summed E-state index contributed by atoms with van der Waals surface area (Å²) in [4.78, 5) is 37.2. The Balaban J connectivity index is 1.68. The number of hydrogen-bond acceptors (Lipinski definition) is 5. The van der Waals surface area contributed by atoms with Crippen molar-refractivity contribution in [3.8, 4) is 5.69 Å². The van der Waals surface area contributed by atoms with Gasteiger partial charge in [0.15, 0.2) is 6.10 Å². The lowest BCUT2D eigenvalue weighted by Gasteiger charge is -2.18. The van der Waals surface area contributed by atoms with Gasteiger partial charge in [0.05, 0.1) is 17.8 Å². The average molecular weight is 370 g/mol. The maximum absolute atomic E-state index is 12.3. The van der Waals surface area contributed by atoms with Crippen LogP contribution in [0.2, 0.25) is 0 Å². The predicted octanol–water partition coefficient (Wildman–Crippen LogP) is 1.52. The second-order valence-electron chi connectivity index (χ2n) is 6.43. The van der Waals surface area contributed by atoms with Gasteiger partial charge in [0, 0.05) is 24.3 Å². The summed E-state index contributed by atoms with van der Waals surface area (Å²) in [5, 5.41) is 7.05. The van der Waals surface area contributed by atoms with Gasteiger partial charge in [-0.25, -0.2) is 9.48 Å². The number of benzene rings is 1. The van der Waals surface area contributed by atoms with Gasteiger partial charge in [-0.3, -0.25) is 14.5 Å². The van der Waals surface area contributed by atoms with E-state index < -0.39 is 24.0 Å². The van der Waals surface area contributed by atoms with E-state index >= 15 is 0 Å². The SMILES string of the molecule is Cc1nn(-c2ccccc2)c(C)c1CC(=O)O[C@H](C)C(=O)N1CCNC1=O. The third-order valence-electron chi connectivity index (χ3n) is 4.54. The third-order valence-corrected chi connectivity index (χ3v) is 4.54. The number of amides is 3. The van der Waals surface area contributed by atoms with Crippen molar-refractivity contribution in [3.63, 3.8) is 0 Å². The van der Waals surface area contributed by atoms with Crippen LogP contribution in [0.15, 0.2) is 30.3 Å². The normalized spacial score (nSPS) is 14.8. The number of ether oxygens (including phenoxy) is 1. The first kappa shape index (κ1) is 18.6. The fourth-order valence-electron chi connectivity index (χ4n) is 3.09. The van der Waals surface area contributed by atoms with Crippen LogP contribution in [0.5, 0.6) is 0 Å². The summed E-state index contributed by atoms with van der Waals surface area (Å²) in [6.45, 7) is 5.87. The standard InChI is InChI=1S/C19H22N4O4/c1-12-16(13(2)23(21-12)15-7-5-4-6-8-15)11-17(24)27-14(3)18(25)22-10-9-20-19(22)26/h4-8,14H,9-11H2,1-3H3,(H,20,26)/t14-/m1/s1. The largest absolute Gasteiger partial charge is 0.452 e. The molecule has 0 spiro atoms. The number of aryl methyl sites for hydroxylation is 1. The summed E-state index contributed by atoms with van der Waals surface area (Å²) in [7, 11) is 0. The Bertz CT molecular complexity index is 875. The number of imide groups is 1. The summed E-state index contributed by atoms with van der Waals surface area (Å²) in [5.74, 6) is -1.05. The molecule has 1 aliphatic rings. The van der Waals surface area contributed by atoms with Crippen LogP contribution in [0.4, 0.5) is 4.79 Å².